The zero-order chi connectivity index (χ0) is 10.3. The molecule has 5 heteroatoms. The summed E-state index contributed by atoms with van der Waals surface area (Å²) in [5.41, 5.74) is 0. The summed E-state index contributed by atoms with van der Waals surface area (Å²) < 4.78 is 21.5. The first kappa shape index (κ1) is 13.3. The Morgan fingerprint density at radius 1 is 1.38 bits per heavy atom. The highest BCUT2D eigenvalue weighted by Crippen LogP contribution is 2.07. The lowest BCUT2D eigenvalue weighted by atomic mass is 10.3. The largest absolute Gasteiger partial charge is 0.316 e. The van der Waals surface area contributed by atoms with Crippen LogP contribution in [0, 0.1) is 0 Å². The highest BCUT2D eigenvalue weighted by molar-refractivity contribution is 7.99. The van der Waals surface area contributed by atoms with Crippen LogP contribution in [0.5, 0.6) is 0 Å². The third-order valence-electron chi connectivity index (χ3n) is 1.78. The molecule has 0 spiro atoms. The smallest absolute Gasteiger partial charge is 0.148 e. The summed E-state index contributed by atoms with van der Waals surface area (Å²) in [5, 5.41) is 3.76. The fourth-order valence-electron chi connectivity index (χ4n) is 0.806. The number of sulfone groups is 1. The van der Waals surface area contributed by atoms with Crippen LogP contribution in [0.2, 0.25) is 0 Å². The molecule has 0 heterocycles. The second-order valence-electron chi connectivity index (χ2n) is 3.21. The van der Waals surface area contributed by atoms with E-state index < -0.39 is 9.84 Å². The number of hydrogen-bond donors (Lipinski definition) is 1. The van der Waals surface area contributed by atoms with Crippen LogP contribution in [0.4, 0.5) is 0 Å². The summed E-state index contributed by atoms with van der Waals surface area (Å²) in [4.78, 5) is 0. The topological polar surface area (TPSA) is 46.2 Å². The Hall–Kier alpha value is 0.260. The van der Waals surface area contributed by atoms with Crippen LogP contribution in [-0.4, -0.2) is 45.0 Å². The quantitative estimate of drug-likeness (QED) is 0.650. The molecule has 3 nitrogen and oxygen atoms in total. The van der Waals surface area contributed by atoms with E-state index in [1.807, 2.05) is 11.8 Å². The predicted molar refractivity (Wildman–Crippen MR) is 60.2 cm³/mol. The van der Waals surface area contributed by atoms with Gasteiger partial charge in [-0.1, -0.05) is 6.92 Å². The second kappa shape index (κ2) is 6.68. The van der Waals surface area contributed by atoms with E-state index in [0.717, 1.165) is 13.0 Å². The molecule has 0 aliphatic rings. The number of thioether (sulfide) groups is 1. The predicted octanol–water partition coefficient (Wildman–Crippen LogP) is 0.762. The molecular formula is C8H19NO2S2. The number of nitrogens with one attached hydrogen (secondary N) is 1. The van der Waals surface area contributed by atoms with Gasteiger partial charge in [0.1, 0.15) is 9.84 Å². The molecular weight excluding hydrogens is 206 g/mol. The van der Waals surface area contributed by atoms with Gasteiger partial charge in [0.15, 0.2) is 0 Å². The molecule has 0 aromatic heterocycles. The molecule has 0 aromatic rings. The molecule has 0 radical (unpaired) electrons. The van der Waals surface area contributed by atoms with Crippen molar-refractivity contribution in [2.45, 2.75) is 18.6 Å². The zero-order valence-corrected chi connectivity index (χ0v) is 10.2. The molecule has 0 aliphatic heterocycles. The van der Waals surface area contributed by atoms with Crippen LogP contribution in [0.25, 0.3) is 0 Å². The first-order valence-electron chi connectivity index (χ1n) is 4.37. The van der Waals surface area contributed by atoms with Gasteiger partial charge in [0.2, 0.25) is 0 Å². The third kappa shape index (κ3) is 10.2. The Bertz CT molecular complexity index is 214. The summed E-state index contributed by atoms with van der Waals surface area (Å²) in [7, 11) is -2.80. The van der Waals surface area contributed by atoms with Crippen molar-refractivity contribution >= 4 is 21.6 Å². The molecule has 1 unspecified atom stereocenters. The molecule has 80 valence electrons. The Morgan fingerprint density at radius 2 is 2.00 bits per heavy atom. The van der Waals surface area contributed by atoms with Crippen LogP contribution in [0.15, 0.2) is 0 Å². The van der Waals surface area contributed by atoms with Gasteiger partial charge in [0, 0.05) is 18.1 Å². The lowest BCUT2D eigenvalue weighted by Crippen LogP contribution is -2.24. The number of hydrogen-bond acceptors (Lipinski definition) is 4. The monoisotopic (exact) mass is 225 g/mol. The summed E-state index contributed by atoms with van der Waals surface area (Å²) in [6, 6.07) is 0. The Balaban J connectivity index is 3.27. The van der Waals surface area contributed by atoms with Gasteiger partial charge in [-0.3, -0.25) is 0 Å². The maximum atomic E-state index is 10.7. The van der Waals surface area contributed by atoms with Crippen molar-refractivity contribution in [3.63, 3.8) is 0 Å². The van der Waals surface area contributed by atoms with E-state index in [0.29, 0.717) is 11.8 Å². The van der Waals surface area contributed by atoms with Crippen molar-refractivity contribution in [2.24, 2.45) is 0 Å². The second-order valence-corrected chi connectivity index (χ2v) is 6.75. The van der Waals surface area contributed by atoms with Crippen LogP contribution < -0.4 is 5.32 Å². The van der Waals surface area contributed by atoms with Gasteiger partial charge in [-0.2, -0.15) is 11.8 Å². The highest BCUT2D eigenvalue weighted by Gasteiger charge is 2.01. The Morgan fingerprint density at radius 3 is 2.46 bits per heavy atom. The first-order chi connectivity index (χ1) is 5.95. The molecule has 1 N–H and O–H groups in total. The maximum Gasteiger partial charge on any atom is 0.148 e. The van der Waals surface area contributed by atoms with Gasteiger partial charge in [0.05, 0.1) is 5.75 Å². The van der Waals surface area contributed by atoms with E-state index in [4.69, 9.17) is 0 Å². The van der Waals surface area contributed by atoms with Crippen LogP contribution in [0.1, 0.15) is 13.3 Å². The van der Waals surface area contributed by atoms with Crippen LogP contribution >= 0.6 is 11.8 Å². The van der Waals surface area contributed by atoms with Gasteiger partial charge in [-0.15, -0.1) is 0 Å². The molecule has 13 heavy (non-hydrogen) atoms. The molecule has 0 fully saturated rings. The molecule has 1 atom stereocenters. The van der Waals surface area contributed by atoms with Gasteiger partial charge >= 0.3 is 0 Å². The van der Waals surface area contributed by atoms with Crippen molar-refractivity contribution in [2.75, 3.05) is 31.4 Å². The Labute approximate surface area is 85.6 Å². The molecule has 0 saturated carbocycles. The lowest BCUT2D eigenvalue weighted by molar-refractivity contribution is 0.594. The molecule has 0 rings (SSSR count). The molecule has 0 aromatic carbocycles. The third-order valence-corrected chi connectivity index (χ3v) is 3.77. The number of rotatable bonds is 7. The maximum absolute atomic E-state index is 10.7. The summed E-state index contributed by atoms with van der Waals surface area (Å²) in [6.07, 6.45) is 4.44. The average Bonchev–Trinajstić information content (AvgIpc) is 2.01. The average molecular weight is 225 g/mol. The normalized spacial score (nSPS) is 14.4. The van der Waals surface area contributed by atoms with Crippen molar-refractivity contribution in [1.29, 1.82) is 0 Å². The van der Waals surface area contributed by atoms with Gasteiger partial charge in [0.25, 0.3) is 0 Å². The van der Waals surface area contributed by atoms with Crippen molar-refractivity contribution in [1.82, 2.24) is 5.32 Å². The van der Waals surface area contributed by atoms with Crippen molar-refractivity contribution in [3.8, 4) is 0 Å². The van der Waals surface area contributed by atoms with Crippen LogP contribution in [0.3, 0.4) is 0 Å². The van der Waals surface area contributed by atoms with Crippen LogP contribution in [-0.2, 0) is 9.84 Å². The highest BCUT2D eigenvalue weighted by atomic mass is 32.2. The lowest BCUT2D eigenvalue weighted by Gasteiger charge is -2.08. The standard InChI is InChI=1S/C8H19NO2S2/c1-8(12-2)4-5-9-6-7-13(3,10)11/h8-9H,4-7H2,1-3H3. The SMILES string of the molecule is CSC(C)CCNCCS(C)(=O)=O. The molecule has 0 bridgehead atoms. The molecule has 0 saturated heterocycles. The van der Waals surface area contributed by atoms with Gasteiger partial charge in [-0.25, -0.2) is 8.42 Å². The van der Waals surface area contributed by atoms with E-state index in [1.165, 1.54) is 6.26 Å². The van der Waals surface area contributed by atoms with E-state index >= 15 is 0 Å². The minimum atomic E-state index is -2.80. The summed E-state index contributed by atoms with van der Waals surface area (Å²) in [5.74, 6) is 0.237. The zero-order valence-electron chi connectivity index (χ0n) is 8.54. The molecule has 0 amide bonds. The van der Waals surface area contributed by atoms with E-state index in [2.05, 4.69) is 18.5 Å². The first-order valence-corrected chi connectivity index (χ1v) is 7.72. The van der Waals surface area contributed by atoms with Gasteiger partial charge < -0.3 is 5.32 Å². The fourth-order valence-corrected chi connectivity index (χ4v) is 1.67. The minimum absolute atomic E-state index is 0.237. The minimum Gasteiger partial charge on any atom is -0.316 e. The fraction of sp³-hybridized carbons (Fsp3) is 1.00. The van der Waals surface area contributed by atoms with E-state index in [1.54, 1.807) is 0 Å². The van der Waals surface area contributed by atoms with Crippen molar-refractivity contribution < 1.29 is 8.42 Å². The van der Waals surface area contributed by atoms with E-state index in [-0.39, 0.29) is 5.75 Å². The van der Waals surface area contributed by atoms with Crippen molar-refractivity contribution in [3.05, 3.63) is 0 Å². The van der Waals surface area contributed by atoms with E-state index in [9.17, 15) is 8.42 Å². The summed E-state index contributed by atoms with van der Waals surface area (Å²) >= 11 is 1.83. The van der Waals surface area contributed by atoms with Gasteiger partial charge in [-0.05, 0) is 19.2 Å². The molecule has 0 aliphatic carbocycles. The Kier molecular flexibility index (Phi) is 6.81. The summed E-state index contributed by atoms with van der Waals surface area (Å²) in [6.45, 7) is 3.64.